The van der Waals surface area contributed by atoms with Crippen LogP contribution in [0.1, 0.15) is 39.5 Å². The van der Waals surface area contributed by atoms with Gasteiger partial charge in [0.15, 0.2) is 29.0 Å². The molecule has 0 radical (unpaired) electrons. The summed E-state index contributed by atoms with van der Waals surface area (Å²) in [5, 5.41) is 9.26. The number of nitrogens with two attached hydrogens (primary N) is 1. The Kier molecular flexibility index (Phi) is 8.30. The number of carboxylic acids is 1. The average molecular weight is 541 g/mol. The number of H-pyrrole nitrogens is 1. The molecule has 0 unspecified atom stereocenters. The van der Waals surface area contributed by atoms with E-state index in [9.17, 15) is 23.5 Å². The van der Waals surface area contributed by atoms with Crippen molar-refractivity contribution in [2.45, 2.75) is 19.4 Å². The molecule has 204 valence electrons. The van der Waals surface area contributed by atoms with Gasteiger partial charge in [0.2, 0.25) is 0 Å². The number of carbonyl (C=O) groups is 2. The summed E-state index contributed by atoms with van der Waals surface area (Å²) < 4.78 is 39.3. The zero-order valence-corrected chi connectivity index (χ0v) is 21.2. The van der Waals surface area contributed by atoms with Gasteiger partial charge < -0.3 is 25.3 Å². The van der Waals surface area contributed by atoms with Crippen molar-refractivity contribution >= 4 is 22.9 Å². The summed E-state index contributed by atoms with van der Waals surface area (Å²) in [4.78, 5) is 39.3. The summed E-state index contributed by atoms with van der Waals surface area (Å²) in [6.07, 6.45) is 6.88. The van der Waals surface area contributed by atoms with Crippen LogP contribution in [-0.4, -0.2) is 69.1 Å². The van der Waals surface area contributed by atoms with Gasteiger partial charge in [-0.2, -0.15) is 0 Å². The molecule has 1 aliphatic heterocycles. The molecule has 1 aliphatic rings. The highest BCUT2D eigenvalue weighted by Crippen LogP contribution is 2.40. The van der Waals surface area contributed by atoms with Crippen LogP contribution in [0.15, 0.2) is 36.8 Å². The number of primary amides is 1. The van der Waals surface area contributed by atoms with E-state index in [-0.39, 0.29) is 39.5 Å². The Hall–Kier alpha value is -4.65. The van der Waals surface area contributed by atoms with Crippen molar-refractivity contribution in [2.24, 2.45) is 5.73 Å². The molecule has 2 aromatic heterocycles. The molecular formula is C26H26F2N6O5. The minimum atomic E-state index is -1.22. The van der Waals surface area contributed by atoms with E-state index in [2.05, 4.69) is 24.8 Å². The average Bonchev–Trinajstić information content (AvgIpc) is 3.62. The Morgan fingerprint density at radius 2 is 1.67 bits per heavy atom. The summed E-state index contributed by atoms with van der Waals surface area (Å²) in [6, 6.07) is 3.59. The first-order chi connectivity index (χ1) is 18.7. The molecule has 2 aromatic carbocycles. The van der Waals surface area contributed by atoms with Crippen LogP contribution < -0.4 is 15.2 Å². The number of amides is 1. The van der Waals surface area contributed by atoms with Gasteiger partial charge in [0.25, 0.3) is 5.91 Å². The van der Waals surface area contributed by atoms with Crippen LogP contribution in [0, 0.1) is 11.6 Å². The van der Waals surface area contributed by atoms with Gasteiger partial charge in [0.1, 0.15) is 5.52 Å². The predicted octanol–water partition coefficient (Wildman–Crippen LogP) is 3.39. The van der Waals surface area contributed by atoms with E-state index in [1.54, 1.807) is 6.20 Å². The summed E-state index contributed by atoms with van der Waals surface area (Å²) in [7, 11) is 2.48. The fraction of sp³-hybridized carbons (Fsp3) is 0.269. The number of aromatic nitrogens is 4. The van der Waals surface area contributed by atoms with Crippen molar-refractivity contribution in [1.82, 2.24) is 24.8 Å². The molecule has 0 bridgehead atoms. The van der Waals surface area contributed by atoms with Crippen LogP contribution in [0.2, 0.25) is 0 Å². The van der Waals surface area contributed by atoms with Crippen LogP contribution >= 0.6 is 0 Å². The molecule has 0 spiro atoms. The molecule has 0 atom stereocenters. The zero-order chi connectivity index (χ0) is 28.1. The number of imidazole rings is 1. The lowest BCUT2D eigenvalue weighted by atomic mass is 9.99. The Bertz CT molecular complexity index is 1490. The quantitative estimate of drug-likeness (QED) is 0.320. The zero-order valence-electron chi connectivity index (χ0n) is 21.2. The van der Waals surface area contributed by atoms with E-state index in [0.29, 0.717) is 0 Å². The fourth-order valence-corrected chi connectivity index (χ4v) is 4.29. The maximum Gasteiger partial charge on any atom is 0.337 e. The van der Waals surface area contributed by atoms with Gasteiger partial charge in [-0.3, -0.25) is 19.7 Å². The second kappa shape index (κ2) is 11.8. The second-order valence-electron chi connectivity index (χ2n) is 8.59. The number of rotatable bonds is 7. The van der Waals surface area contributed by atoms with Gasteiger partial charge in [-0.1, -0.05) is 6.07 Å². The summed E-state index contributed by atoms with van der Waals surface area (Å²) in [5.41, 5.74) is 5.54. The highest BCUT2D eigenvalue weighted by molar-refractivity contribution is 6.05. The van der Waals surface area contributed by atoms with Crippen molar-refractivity contribution in [1.29, 1.82) is 0 Å². The van der Waals surface area contributed by atoms with E-state index in [0.717, 1.165) is 31.4 Å². The number of hydrogen-bond acceptors (Lipinski definition) is 8. The third-order valence-electron chi connectivity index (χ3n) is 6.15. The number of benzene rings is 2. The minimum Gasteiger partial charge on any atom is -0.494 e. The molecule has 1 fully saturated rings. The number of hydrogen-bond donors (Lipinski definition) is 3. The van der Waals surface area contributed by atoms with Crippen molar-refractivity contribution in [2.75, 3.05) is 27.3 Å². The normalized spacial score (nSPS) is 13.1. The molecule has 5 rings (SSSR count). The molecule has 1 saturated heterocycles. The number of aromatic amines is 1. The maximum atomic E-state index is 14.7. The van der Waals surface area contributed by atoms with Gasteiger partial charge in [-0.05, 0) is 32.0 Å². The number of nitrogens with zero attached hydrogens (tertiary/aromatic N) is 4. The summed E-state index contributed by atoms with van der Waals surface area (Å²) in [5.74, 6) is -3.80. The van der Waals surface area contributed by atoms with E-state index in [1.165, 1.54) is 51.6 Å². The monoisotopic (exact) mass is 540 g/mol. The Morgan fingerprint density at radius 1 is 1.05 bits per heavy atom. The van der Waals surface area contributed by atoms with Gasteiger partial charge >= 0.3 is 5.97 Å². The smallest absolute Gasteiger partial charge is 0.337 e. The lowest BCUT2D eigenvalue weighted by molar-refractivity contribution is 0.0698. The van der Waals surface area contributed by atoms with Gasteiger partial charge in [0, 0.05) is 36.8 Å². The maximum absolute atomic E-state index is 14.7. The van der Waals surface area contributed by atoms with Crippen molar-refractivity contribution in [3.63, 3.8) is 0 Å². The van der Waals surface area contributed by atoms with Crippen molar-refractivity contribution in [3.8, 4) is 22.6 Å². The van der Waals surface area contributed by atoms with Gasteiger partial charge in [0.05, 0.1) is 36.6 Å². The van der Waals surface area contributed by atoms with E-state index < -0.39 is 29.1 Å². The summed E-state index contributed by atoms with van der Waals surface area (Å²) >= 11 is 0. The minimum absolute atomic E-state index is 0.0214. The number of carboxylic acid groups (broad SMARTS) is 1. The van der Waals surface area contributed by atoms with Crippen LogP contribution in [0.5, 0.6) is 11.5 Å². The highest BCUT2D eigenvalue weighted by Gasteiger charge is 2.25. The molecule has 39 heavy (non-hydrogen) atoms. The fourth-order valence-electron chi connectivity index (χ4n) is 4.29. The number of fused-ring (bicyclic) bond motifs is 1. The Morgan fingerprint density at radius 3 is 2.21 bits per heavy atom. The molecule has 0 saturated carbocycles. The number of methoxy groups -OCH3 is 2. The van der Waals surface area contributed by atoms with Crippen LogP contribution in [0.25, 0.3) is 22.2 Å². The Labute approximate surface area is 221 Å². The number of ether oxygens (including phenoxy) is 2. The predicted molar refractivity (Wildman–Crippen MR) is 137 cm³/mol. The summed E-state index contributed by atoms with van der Waals surface area (Å²) in [6.45, 7) is 3.06. The van der Waals surface area contributed by atoms with Gasteiger partial charge in [-0.15, -0.1) is 0 Å². The third-order valence-corrected chi connectivity index (χ3v) is 6.15. The second-order valence-corrected chi connectivity index (χ2v) is 8.59. The number of carbonyl (C=O) groups excluding carboxylic acids is 1. The Balaban J connectivity index is 0.000000212. The van der Waals surface area contributed by atoms with Crippen molar-refractivity contribution < 1.29 is 33.0 Å². The standard InChI is InChI=1S/C17H12F2N2O4.C9H14N4O/c1-24-10-7-11(25-2)14(19)12(13(10)18)8-3-4-9(17(22)23)16-15(8)20-5-6-21-16;10-8(14)9-11-5-7(12-9)6-13-3-1-2-4-13/h3-7H,1-2H3,(H,22,23);5H,1-4,6H2,(H2,10,14)(H,11,12). The molecule has 4 aromatic rings. The number of halogens is 2. The van der Waals surface area contributed by atoms with Crippen molar-refractivity contribution in [3.05, 3.63) is 65.5 Å². The van der Waals surface area contributed by atoms with E-state index in [1.807, 2.05) is 0 Å². The lowest BCUT2D eigenvalue weighted by Crippen LogP contribution is -2.19. The van der Waals surface area contributed by atoms with E-state index >= 15 is 0 Å². The first-order valence-electron chi connectivity index (χ1n) is 11.9. The first-order valence-corrected chi connectivity index (χ1v) is 11.9. The SMILES string of the molecule is COc1cc(OC)c(F)c(-c2ccc(C(=O)O)c3nccnc23)c1F.NC(=O)c1nc(CN2CCCC2)c[nH]1. The third kappa shape index (κ3) is 5.77. The van der Waals surface area contributed by atoms with E-state index in [4.69, 9.17) is 15.2 Å². The topological polar surface area (TPSA) is 157 Å². The molecule has 3 heterocycles. The van der Waals surface area contributed by atoms with Crippen LogP contribution in [-0.2, 0) is 6.54 Å². The molecule has 13 heteroatoms. The molecule has 1 amide bonds. The number of nitrogens with one attached hydrogen (secondary N) is 1. The molecule has 4 N–H and O–H groups in total. The molecular weight excluding hydrogens is 514 g/mol. The number of likely N-dealkylation sites (tertiary alicyclic amines) is 1. The number of aromatic carboxylic acids is 1. The molecule has 11 nitrogen and oxygen atoms in total. The highest BCUT2D eigenvalue weighted by atomic mass is 19.1. The first kappa shape index (κ1) is 27.4. The largest absolute Gasteiger partial charge is 0.494 e. The van der Waals surface area contributed by atoms with Crippen LogP contribution in [0.4, 0.5) is 8.78 Å². The molecule has 0 aliphatic carbocycles. The van der Waals surface area contributed by atoms with Crippen LogP contribution in [0.3, 0.4) is 0 Å². The lowest BCUT2D eigenvalue weighted by Gasteiger charge is -2.14. The van der Waals surface area contributed by atoms with Gasteiger partial charge in [-0.25, -0.2) is 18.6 Å².